The molecule has 0 radical (unpaired) electrons. The lowest BCUT2D eigenvalue weighted by molar-refractivity contribution is -0.119. The largest absolute Gasteiger partial charge is 0.446 e. The van der Waals surface area contributed by atoms with E-state index in [2.05, 4.69) is 10.3 Å². The van der Waals surface area contributed by atoms with E-state index < -0.39 is 23.5 Å². The van der Waals surface area contributed by atoms with E-state index in [9.17, 15) is 27.6 Å². The number of hydrogen-bond acceptors (Lipinski definition) is 5. The summed E-state index contributed by atoms with van der Waals surface area (Å²) in [4.78, 5) is 43.4. The Morgan fingerprint density at radius 3 is 2.47 bits per heavy atom. The highest BCUT2D eigenvalue weighted by Crippen LogP contribution is 2.37. The van der Waals surface area contributed by atoms with Gasteiger partial charge in [0.05, 0.1) is 5.69 Å². The molecule has 2 heterocycles. The van der Waals surface area contributed by atoms with E-state index in [4.69, 9.17) is 0 Å². The molecule has 1 N–H and O–H groups in total. The second-order valence-corrected chi connectivity index (χ2v) is 7.57. The first-order valence-corrected chi connectivity index (χ1v) is 9.60. The van der Waals surface area contributed by atoms with Crippen molar-refractivity contribution in [3.05, 3.63) is 53.9 Å². The van der Waals surface area contributed by atoms with Crippen LogP contribution in [0, 0.1) is 0 Å². The molecular formula is C19H17F3N4O3S. The summed E-state index contributed by atoms with van der Waals surface area (Å²) in [6, 6.07) is 6.80. The van der Waals surface area contributed by atoms with Gasteiger partial charge >= 0.3 is 11.5 Å². The van der Waals surface area contributed by atoms with Gasteiger partial charge in [-0.2, -0.15) is 13.2 Å². The summed E-state index contributed by atoms with van der Waals surface area (Å²) in [6.45, 7) is 1.63. The summed E-state index contributed by atoms with van der Waals surface area (Å²) in [5.74, 6) is -0.871. The molecular weight excluding hydrogens is 421 g/mol. The van der Waals surface area contributed by atoms with E-state index in [-0.39, 0.29) is 40.5 Å². The van der Waals surface area contributed by atoms with E-state index in [1.807, 2.05) is 0 Å². The van der Waals surface area contributed by atoms with E-state index in [0.29, 0.717) is 5.56 Å². The summed E-state index contributed by atoms with van der Waals surface area (Å²) < 4.78 is 37.5. The van der Waals surface area contributed by atoms with Gasteiger partial charge in [-0.15, -0.1) is 0 Å². The lowest BCUT2D eigenvalue weighted by atomic mass is 10.2. The number of hydrogen-bond donors (Lipinski definition) is 1. The molecule has 1 aromatic heterocycles. The molecule has 1 aliphatic heterocycles. The first-order chi connectivity index (χ1) is 14.1. The van der Waals surface area contributed by atoms with Crippen molar-refractivity contribution >= 4 is 35.3 Å². The van der Waals surface area contributed by atoms with Crippen LogP contribution in [-0.2, 0) is 11.3 Å². The third-order valence-corrected chi connectivity index (χ3v) is 5.19. The molecule has 11 heteroatoms. The topological polar surface area (TPSA) is 82.6 Å². The number of rotatable bonds is 5. The van der Waals surface area contributed by atoms with Gasteiger partial charge in [-0.25, -0.2) is 9.69 Å². The Morgan fingerprint density at radius 1 is 1.20 bits per heavy atom. The SMILES string of the molecule is CNC(=O)c1cc(CN2C(=O)N(c3ccc(SC(F)(F)F)cc3)C(=O)C2C)ccn1. The molecule has 0 saturated carbocycles. The minimum atomic E-state index is -4.43. The zero-order valence-electron chi connectivity index (χ0n) is 15.9. The number of anilines is 1. The Labute approximate surface area is 174 Å². The highest BCUT2D eigenvalue weighted by molar-refractivity contribution is 8.00. The fourth-order valence-corrected chi connectivity index (χ4v) is 3.51. The number of thioether (sulfide) groups is 1. The van der Waals surface area contributed by atoms with Crippen LogP contribution in [0.4, 0.5) is 23.7 Å². The van der Waals surface area contributed by atoms with Crippen molar-refractivity contribution in [2.75, 3.05) is 11.9 Å². The number of urea groups is 1. The van der Waals surface area contributed by atoms with E-state index >= 15 is 0 Å². The molecule has 1 atom stereocenters. The van der Waals surface area contributed by atoms with Crippen LogP contribution in [0.5, 0.6) is 0 Å². The Balaban J connectivity index is 1.80. The second-order valence-electron chi connectivity index (χ2n) is 6.43. The monoisotopic (exact) mass is 438 g/mol. The highest BCUT2D eigenvalue weighted by Gasteiger charge is 2.43. The number of halogens is 3. The number of nitrogens with one attached hydrogen (secondary N) is 1. The molecule has 1 fully saturated rings. The summed E-state index contributed by atoms with van der Waals surface area (Å²) >= 11 is -0.275. The molecule has 0 bridgehead atoms. The van der Waals surface area contributed by atoms with Gasteiger partial charge in [0, 0.05) is 24.7 Å². The van der Waals surface area contributed by atoms with Gasteiger partial charge in [0.2, 0.25) is 0 Å². The van der Waals surface area contributed by atoms with Crippen LogP contribution in [0.25, 0.3) is 0 Å². The average Bonchev–Trinajstić information content (AvgIpc) is 2.90. The maximum Gasteiger partial charge on any atom is 0.446 e. The van der Waals surface area contributed by atoms with Crippen molar-refractivity contribution in [1.82, 2.24) is 15.2 Å². The van der Waals surface area contributed by atoms with E-state index in [1.165, 1.54) is 48.5 Å². The summed E-state index contributed by atoms with van der Waals surface area (Å²) in [5, 5.41) is 2.46. The van der Waals surface area contributed by atoms with Crippen molar-refractivity contribution in [3.63, 3.8) is 0 Å². The molecule has 158 valence electrons. The number of amides is 4. The number of aromatic nitrogens is 1. The molecule has 1 unspecified atom stereocenters. The quantitative estimate of drug-likeness (QED) is 0.572. The maximum atomic E-state index is 12.9. The molecule has 0 aliphatic carbocycles. The van der Waals surface area contributed by atoms with Crippen LogP contribution in [0.1, 0.15) is 23.0 Å². The number of carbonyl (C=O) groups is 3. The van der Waals surface area contributed by atoms with Crippen LogP contribution < -0.4 is 10.2 Å². The van der Waals surface area contributed by atoms with Gasteiger partial charge in [-0.1, -0.05) is 0 Å². The normalized spacial score (nSPS) is 16.9. The number of benzene rings is 1. The molecule has 30 heavy (non-hydrogen) atoms. The van der Waals surface area contributed by atoms with Gasteiger partial charge in [0.1, 0.15) is 11.7 Å². The molecule has 1 aromatic carbocycles. The van der Waals surface area contributed by atoms with Gasteiger partial charge in [-0.3, -0.25) is 14.6 Å². The Hall–Kier alpha value is -3.08. The zero-order valence-corrected chi connectivity index (χ0v) is 16.8. The predicted octanol–water partition coefficient (Wildman–Crippen LogP) is 3.41. The van der Waals surface area contributed by atoms with Crippen molar-refractivity contribution in [1.29, 1.82) is 0 Å². The molecule has 1 saturated heterocycles. The molecule has 4 amide bonds. The van der Waals surface area contributed by atoms with Crippen molar-refractivity contribution < 1.29 is 27.6 Å². The fourth-order valence-electron chi connectivity index (χ4n) is 2.97. The third kappa shape index (κ3) is 4.56. The van der Waals surface area contributed by atoms with Crippen LogP contribution in [-0.4, -0.2) is 46.3 Å². The number of alkyl halides is 3. The standard InChI is InChI=1S/C19H17F3N4O3S/c1-11-17(28)26(13-3-5-14(6-4-13)30-19(20,21)22)18(29)25(11)10-12-7-8-24-15(9-12)16(27)23-2/h3-9,11H,10H2,1-2H3,(H,23,27). The maximum absolute atomic E-state index is 12.9. The predicted molar refractivity (Wildman–Crippen MR) is 104 cm³/mol. The lowest BCUT2D eigenvalue weighted by Crippen LogP contribution is -2.33. The second kappa shape index (κ2) is 8.34. The van der Waals surface area contributed by atoms with E-state index in [1.54, 1.807) is 13.0 Å². The number of carbonyl (C=O) groups excluding carboxylic acids is 3. The average molecular weight is 438 g/mol. The van der Waals surface area contributed by atoms with Crippen LogP contribution >= 0.6 is 11.8 Å². The van der Waals surface area contributed by atoms with Crippen molar-refractivity contribution in [2.24, 2.45) is 0 Å². The van der Waals surface area contributed by atoms with Gasteiger partial charge in [-0.05, 0) is 60.6 Å². The van der Waals surface area contributed by atoms with Gasteiger partial charge in [0.15, 0.2) is 0 Å². The molecule has 3 rings (SSSR count). The molecule has 2 aromatic rings. The Kier molecular flexibility index (Phi) is 6.01. The highest BCUT2D eigenvalue weighted by atomic mass is 32.2. The first-order valence-electron chi connectivity index (χ1n) is 8.78. The molecule has 1 aliphatic rings. The Morgan fingerprint density at radius 2 is 1.87 bits per heavy atom. The zero-order chi connectivity index (χ0) is 22.1. The van der Waals surface area contributed by atoms with Crippen LogP contribution in [0.2, 0.25) is 0 Å². The minimum Gasteiger partial charge on any atom is -0.354 e. The van der Waals surface area contributed by atoms with Gasteiger partial charge < -0.3 is 10.2 Å². The minimum absolute atomic E-state index is 0.0474. The summed E-state index contributed by atoms with van der Waals surface area (Å²) in [5.41, 5.74) is -3.46. The Bertz CT molecular complexity index is 982. The van der Waals surface area contributed by atoms with Crippen molar-refractivity contribution in [3.8, 4) is 0 Å². The molecule has 7 nitrogen and oxygen atoms in total. The van der Waals surface area contributed by atoms with Crippen LogP contribution in [0.15, 0.2) is 47.5 Å². The summed E-state index contributed by atoms with van der Waals surface area (Å²) in [6.07, 6.45) is 1.43. The lowest BCUT2D eigenvalue weighted by Gasteiger charge is -2.19. The number of pyridine rings is 1. The van der Waals surface area contributed by atoms with E-state index in [0.717, 1.165) is 4.90 Å². The van der Waals surface area contributed by atoms with Crippen LogP contribution in [0.3, 0.4) is 0 Å². The smallest absolute Gasteiger partial charge is 0.354 e. The molecule has 0 spiro atoms. The fraction of sp³-hybridized carbons (Fsp3) is 0.263. The number of nitrogens with zero attached hydrogens (tertiary/aromatic N) is 3. The first kappa shape index (κ1) is 21.6. The van der Waals surface area contributed by atoms with Crippen molar-refractivity contribution in [2.45, 2.75) is 29.9 Å². The summed E-state index contributed by atoms with van der Waals surface area (Å²) in [7, 11) is 1.47. The van der Waals surface area contributed by atoms with Gasteiger partial charge in [0.25, 0.3) is 11.8 Å². The number of imide groups is 1. The third-order valence-electron chi connectivity index (χ3n) is 4.45.